The van der Waals surface area contributed by atoms with Crippen LogP contribution in [0.5, 0.6) is 11.8 Å². The maximum atomic E-state index is 5.62. The molecule has 6 heteroatoms. The minimum absolute atomic E-state index is 0.147. The lowest BCUT2D eigenvalue weighted by Gasteiger charge is -2.10. The van der Waals surface area contributed by atoms with Crippen molar-refractivity contribution < 1.29 is 9.47 Å². The zero-order valence-electron chi connectivity index (χ0n) is 12.8. The van der Waals surface area contributed by atoms with Gasteiger partial charge < -0.3 is 14.8 Å². The molecule has 6 nitrogen and oxygen atoms in total. The summed E-state index contributed by atoms with van der Waals surface area (Å²) in [6.45, 7) is 6.38. The Hall–Kier alpha value is -2.37. The summed E-state index contributed by atoms with van der Waals surface area (Å²) < 4.78 is 11.0. The molecule has 0 saturated carbocycles. The molecule has 2 aromatic rings. The summed E-state index contributed by atoms with van der Waals surface area (Å²) in [6.07, 6.45) is 0.147. The second-order valence-corrected chi connectivity index (χ2v) is 4.64. The molecule has 0 bridgehead atoms. The van der Waals surface area contributed by atoms with Crippen molar-refractivity contribution in [1.29, 1.82) is 0 Å². The standard InChI is InChI=1S/C15H20N4O2/c1-5-20-15-18-13(17-14(16-4)19-15)11-6-8-12(9-7-11)21-10(2)3/h6-10H,5H2,1-4H3,(H,16,17,18,19). The highest BCUT2D eigenvalue weighted by Gasteiger charge is 2.09. The molecule has 0 saturated heterocycles. The molecule has 0 fully saturated rings. The van der Waals surface area contributed by atoms with Crippen LogP contribution in [0.2, 0.25) is 0 Å². The predicted octanol–water partition coefficient (Wildman–Crippen LogP) is 2.77. The van der Waals surface area contributed by atoms with Crippen LogP contribution in [0.25, 0.3) is 11.4 Å². The second kappa shape index (κ2) is 6.88. The monoisotopic (exact) mass is 288 g/mol. The van der Waals surface area contributed by atoms with Crippen LogP contribution >= 0.6 is 0 Å². The fraction of sp³-hybridized carbons (Fsp3) is 0.400. The van der Waals surface area contributed by atoms with Gasteiger partial charge in [0.25, 0.3) is 0 Å². The largest absolute Gasteiger partial charge is 0.491 e. The lowest BCUT2D eigenvalue weighted by molar-refractivity contribution is 0.242. The van der Waals surface area contributed by atoms with Gasteiger partial charge in [-0.05, 0) is 45.0 Å². The minimum Gasteiger partial charge on any atom is -0.491 e. The number of anilines is 1. The number of nitrogens with zero attached hydrogens (tertiary/aromatic N) is 3. The molecule has 1 aromatic heterocycles. The van der Waals surface area contributed by atoms with Crippen LogP contribution in [0.3, 0.4) is 0 Å². The van der Waals surface area contributed by atoms with E-state index in [0.717, 1.165) is 11.3 Å². The number of ether oxygens (including phenoxy) is 2. The highest BCUT2D eigenvalue weighted by Crippen LogP contribution is 2.22. The van der Waals surface area contributed by atoms with Gasteiger partial charge in [0.05, 0.1) is 12.7 Å². The quantitative estimate of drug-likeness (QED) is 0.881. The Balaban J connectivity index is 2.29. The van der Waals surface area contributed by atoms with Gasteiger partial charge in [0.1, 0.15) is 5.75 Å². The van der Waals surface area contributed by atoms with E-state index in [1.54, 1.807) is 7.05 Å². The SMILES string of the molecule is CCOc1nc(NC)nc(-c2ccc(OC(C)C)cc2)n1. The first kappa shape index (κ1) is 15.0. The first-order valence-corrected chi connectivity index (χ1v) is 6.96. The first-order chi connectivity index (χ1) is 10.1. The van der Waals surface area contributed by atoms with Crippen molar-refractivity contribution >= 4 is 5.95 Å². The molecule has 0 amide bonds. The lowest BCUT2D eigenvalue weighted by Crippen LogP contribution is -2.06. The molecule has 112 valence electrons. The van der Waals surface area contributed by atoms with Gasteiger partial charge >= 0.3 is 6.01 Å². The summed E-state index contributed by atoms with van der Waals surface area (Å²) in [5.74, 6) is 1.86. The first-order valence-electron chi connectivity index (χ1n) is 6.96. The average Bonchev–Trinajstić information content (AvgIpc) is 2.47. The number of nitrogens with one attached hydrogen (secondary N) is 1. The van der Waals surface area contributed by atoms with Crippen molar-refractivity contribution in [2.24, 2.45) is 0 Å². The van der Waals surface area contributed by atoms with Crippen LogP contribution < -0.4 is 14.8 Å². The third-order valence-electron chi connectivity index (χ3n) is 2.60. The van der Waals surface area contributed by atoms with Crippen molar-refractivity contribution in [2.75, 3.05) is 19.0 Å². The summed E-state index contributed by atoms with van der Waals surface area (Å²) in [5.41, 5.74) is 0.881. The fourth-order valence-corrected chi connectivity index (χ4v) is 1.75. The van der Waals surface area contributed by atoms with Gasteiger partial charge in [0, 0.05) is 12.6 Å². The van der Waals surface area contributed by atoms with Crippen LogP contribution in [0.15, 0.2) is 24.3 Å². The second-order valence-electron chi connectivity index (χ2n) is 4.64. The molecule has 0 aliphatic rings. The van der Waals surface area contributed by atoms with E-state index in [-0.39, 0.29) is 6.10 Å². The zero-order valence-corrected chi connectivity index (χ0v) is 12.8. The molecule has 0 radical (unpaired) electrons. The molecular formula is C15H20N4O2. The molecule has 0 atom stereocenters. The molecular weight excluding hydrogens is 268 g/mol. The van der Waals surface area contributed by atoms with Gasteiger partial charge in [-0.25, -0.2) is 0 Å². The van der Waals surface area contributed by atoms with Gasteiger partial charge in [-0.15, -0.1) is 0 Å². The zero-order chi connectivity index (χ0) is 15.2. The lowest BCUT2D eigenvalue weighted by atomic mass is 10.2. The van der Waals surface area contributed by atoms with Gasteiger partial charge in [0.2, 0.25) is 5.95 Å². The van der Waals surface area contributed by atoms with E-state index >= 15 is 0 Å². The number of benzene rings is 1. The third kappa shape index (κ3) is 4.05. The summed E-state index contributed by atoms with van der Waals surface area (Å²) >= 11 is 0. The number of hydrogen-bond acceptors (Lipinski definition) is 6. The molecule has 0 unspecified atom stereocenters. The number of aromatic nitrogens is 3. The highest BCUT2D eigenvalue weighted by molar-refractivity contribution is 5.57. The van der Waals surface area contributed by atoms with Crippen LogP contribution in [-0.4, -0.2) is 34.7 Å². The van der Waals surface area contributed by atoms with Gasteiger partial charge in [-0.1, -0.05) is 0 Å². The highest BCUT2D eigenvalue weighted by atomic mass is 16.5. The Bertz CT molecular complexity index is 585. The Morgan fingerprint density at radius 2 is 1.81 bits per heavy atom. The summed E-state index contributed by atoms with van der Waals surface area (Å²) in [5, 5.41) is 2.91. The topological polar surface area (TPSA) is 69.2 Å². The Labute approximate surface area is 124 Å². The molecule has 1 N–H and O–H groups in total. The van der Waals surface area contributed by atoms with E-state index < -0.39 is 0 Å². The Kier molecular flexibility index (Phi) is 4.92. The Morgan fingerprint density at radius 3 is 2.38 bits per heavy atom. The van der Waals surface area contributed by atoms with Gasteiger partial charge in [-0.2, -0.15) is 15.0 Å². The van der Waals surface area contributed by atoms with Crippen LogP contribution in [0, 0.1) is 0 Å². The predicted molar refractivity (Wildman–Crippen MR) is 81.7 cm³/mol. The molecule has 0 spiro atoms. The maximum absolute atomic E-state index is 5.62. The van der Waals surface area contributed by atoms with E-state index in [2.05, 4.69) is 20.3 Å². The summed E-state index contributed by atoms with van der Waals surface area (Å²) in [4.78, 5) is 12.8. The van der Waals surface area contributed by atoms with E-state index in [4.69, 9.17) is 9.47 Å². The van der Waals surface area contributed by atoms with Crippen molar-refractivity contribution in [3.8, 4) is 23.1 Å². The van der Waals surface area contributed by atoms with E-state index in [0.29, 0.717) is 24.4 Å². The average molecular weight is 288 g/mol. The van der Waals surface area contributed by atoms with Crippen LogP contribution in [0.4, 0.5) is 5.95 Å². The molecule has 1 aromatic carbocycles. The van der Waals surface area contributed by atoms with Gasteiger partial charge in [0.15, 0.2) is 5.82 Å². The third-order valence-corrected chi connectivity index (χ3v) is 2.60. The van der Waals surface area contributed by atoms with Crippen molar-refractivity contribution in [1.82, 2.24) is 15.0 Å². The Morgan fingerprint density at radius 1 is 1.10 bits per heavy atom. The summed E-state index contributed by atoms with van der Waals surface area (Å²) in [6, 6.07) is 7.95. The van der Waals surface area contributed by atoms with Crippen molar-refractivity contribution in [3.63, 3.8) is 0 Å². The fourth-order valence-electron chi connectivity index (χ4n) is 1.75. The van der Waals surface area contributed by atoms with Crippen molar-refractivity contribution in [2.45, 2.75) is 26.9 Å². The summed E-state index contributed by atoms with van der Waals surface area (Å²) in [7, 11) is 1.76. The van der Waals surface area contributed by atoms with E-state index in [9.17, 15) is 0 Å². The normalized spacial score (nSPS) is 10.5. The molecule has 1 heterocycles. The molecule has 2 rings (SSSR count). The van der Waals surface area contributed by atoms with Crippen LogP contribution in [0.1, 0.15) is 20.8 Å². The minimum atomic E-state index is 0.147. The molecule has 0 aliphatic heterocycles. The van der Waals surface area contributed by atoms with Gasteiger partial charge in [-0.3, -0.25) is 0 Å². The number of hydrogen-bond donors (Lipinski definition) is 1. The maximum Gasteiger partial charge on any atom is 0.321 e. The number of rotatable bonds is 6. The smallest absolute Gasteiger partial charge is 0.321 e. The van der Waals surface area contributed by atoms with Crippen molar-refractivity contribution in [3.05, 3.63) is 24.3 Å². The van der Waals surface area contributed by atoms with E-state index in [1.165, 1.54) is 0 Å². The van der Waals surface area contributed by atoms with E-state index in [1.807, 2.05) is 45.0 Å². The molecule has 0 aliphatic carbocycles. The molecule has 21 heavy (non-hydrogen) atoms. The van der Waals surface area contributed by atoms with Crippen LogP contribution in [-0.2, 0) is 0 Å².